The average Bonchev–Trinajstić information content (AvgIpc) is 2.72. The van der Waals surface area contributed by atoms with E-state index >= 15 is 0 Å². The third-order valence-electron chi connectivity index (χ3n) is 4.12. The summed E-state index contributed by atoms with van der Waals surface area (Å²) in [5, 5.41) is 0.281. The number of carbonyl (C=O) groups excluding carboxylic acids is 1. The molecule has 0 saturated heterocycles. The number of halogens is 1. The summed E-state index contributed by atoms with van der Waals surface area (Å²) in [6, 6.07) is 9.19. The first kappa shape index (κ1) is 22.3. The Balaban J connectivity index is 1.84. The molecule has 0 aliphatic rings. The predicted octanol–water partition coefficient (Wildman–Crippen LogP) is 2.08. The SMILES string of the molecule is C=CCOC(=O)CCOc1ccc(S(=O)(=O)n2c(=O)[nH]c3cc(Cl)ccc3c2=O)cc1. The molecule has 0 fully saturated rings. The zero-order chi connectivity index (χ0) is 22.6. The van der Waals surface area contributed by atoms with E-state index in [1.807, 2.05) is 0 Å². The third kappa shape index (κ3) is 4.86. The first-order chi connectivity index (χ1) is 14.7. The normalized spacial score (nSPS) is 11.3. The summed E-state index contributed by atoms with van der Waals surface area (Å²) in [6.45, 7) is 3.56. The highest BCUT2D eigenvalue weighted by molar-refractivity contribution is 7.90. The molecule has 162 valence electrons. The highest BCUT2D eigenvalue weighted by atomic mass is 35.5. The Morgan fingerprint density at radius 2 is 1.87 bits per heavy atom. The molecule has 0 radical (unpaired) electrons. The lowest BCUT2D eigenvalue weighted by atomic mass is 10.2. The van der Waals surface area contributed by atoms with Crippen LogP contribution in [-0.2, 0) is 19.6 Å². The van der Waals surface area contributed by atoms with Gasteiger partial charge in [0.05, 0.1) is 28.8 Å². The van der Waals surface area contributed by atoms with Gasteiger partial charge in [0, 0.05) is 5.02 Å². The Morgan fingerprint density at radius 1 is 1.16 bits per heavy atom. The summed E-state index contributed by atoms with van der Waals surface area (Å²) >= 11 is 5.85. The number of carbonyl (C=O) groups is 1. The van der Waals surface area contributed by atoms with Crippen LogP contribution in [0.3, 0.4) is 0 Å². The van der Waals surface area contributed by atoms with Crippen LogP contribution < -0.4 is 16.0 Å². The zero-order valence-electron chi connectivity index (χ0n) is 16.0. The van der Waals surface area contributed by atoms with Crippen molar-refractivity contribution in [2.75, 3.05) is 13.2 Å². The van der Waals surface area contributed by atoms with E-state index in [0.717, 1.165) is 0 Å². The van der Waals surface area contributed by atoms with Crippen LogP contribution in [0.15, 0.2) is 69.6 Å². The number of hydrogen-bond donors (Lipinski definition) is 1. The highest BCUT2D eigenvalue weighted by Gasteiger charge is 2.23. The number of benzene rings is 2. The van der Waals surface area contributed by atoms with Crippen LogP contribution in [0.2, 0.25) is 5.02 Å². The number of nitrogens with one attached hydrogen (secondary N) is 1. The van der Waals surface area contributed by atoms with Crippen molar-refractivity contribution in [1.29, 1.82) is 0 Å². The summed E-state index contributed by atoms with van der Waals surface area (Å²) in [7, 11) is -4.47. The molecule has 31 heavy (non-hydrogen) atoms. The van der Waals surface area contributed by atoms with E-state index in [-0.39, 0.29) is 44.4 Å². The van der Waals surface area contributed by atoms with Gasteiger partial charge in [0.15, 0.2) is 0 Å². The van der Waals surface area contributed by atoms with Crippen molar-refractivity contribution >= 4 is 38.5 Å². The van der Waals surface area contributed by atoms with Crippen LogP contribution in [-0.4, -0.2) is 36.6 Å². The number of esters is 1. The van der Waals surface area contributed by atoms with Crippen molar-refractivity contribution in [3.8, 4) is 5.75 Å². The van der Waals surface area contributed by atoms with Crippen LogP contribution in [0.1, 0.15) is 6.42 Å². The largest absolute Gasteiger partial charge is 0.493 e. The molecule has 0 unspecified atom stereocenters. The lowest BCUT2D eigenvalue weighted by Crippen LogP contribution is -2.39. The molecule has 0 bridgehead atoms. The fourth-order valence-electron chi connectivity index (χ4n) is 2.68. The smallest absolute Gasteiger partial charge is 0.343 e. The molecule has 11 heteroatoms. The minimum Gasteiger partial charge on any atom is -0.493 e. The molecule has 0 atom stereocenters. The standard InChI is InChI=1S/C20H17ClN2O7S/c1-2-10-30-18(24)9-11-29-14-4-6-15(7-5-14)31(27,28)23-19(25)16-8-3-13(21)12-17(16)22-20(23)26/h2-8,12H,1,9-11H2,(H,22,26). The van der Waals surface area contributed by atoms with Gasteiger partial charge in [-0.1, -0.05) is 24.3 Å². The molecule has 2 aromatic carbocycles. The number of aromatic nitrogens is 2. The second kappa shape index (κ2) is 9.19. The second-order valence-electron chi connectivity index (χ2n) is 6.24. The predicted molar refractivity (Wildman–Crippen MR) is 114 cm³/mol. The minimum atomic E-state index is -4.47. The lowest BCUT2D eigenvalue weighted by molar-refractivity contribution is -0.142. The van der Waals surface area contributed by atoms with Crippen LogP contribution in [0.4, 0.5) is 0 Å². The average molecular weight is 465 g/mol. The molecule has 3 aromatic rings. The molecule has 9 nitrogen and oxygen atoms in total. The topological polar surface area (TPSA) is 125 Å². The van der Waals surface area contributed by atoms with Crippen molar-refractivity contribution in [1.82, 2.24) is 8.96 Å². The van der Waals surface area contributed by atoms with Crippen molar-refractivity contribution in [3.63, 3.8) is 0 Å². The molecule has 1 heterocycles. The van der Waals surface area contributed by atoms with E-state index in [1.165, 1.54) is 48.5 Å². The van der Waals surface area contributed by atoms with Crippen molar-refractivity contribution in [2.45, 2.75) is 11.3 Å². The summed E-state index contributed by atoms with van der Waals surface area (Å²) in [5.74, 6) is -0.167. The molecule has 0 spiro atoms. The van der Waals surface area contributed by atoms with E-state index in [9.17, 15) is 22.8 Å². The van der Waals surface area contributed by atoms with Crippen LogP contribution >= 0.6 is 11.6 Å². The molecule has 3 rings (SSSR count). The van der Waals surface area contributed by atoms with Gasteiger partial charge in [0.2, 0.25) is 0 Å². The van der Waals surface area contributed by atoms with E-state index in [1.54, 1.807) is 0 Å². The maximum atomic E-state index is 12.9. The fourth-order valence-corrected chi connectivity index (χ4v) is 4.13. The Morgan fingerprint density at radius 3 is 2.55 bits per heavy atom. The highest BCUT2D eigenvalue weighted by Crippen LogP contribution is 2.18. The number of H-pyrrole nitrogens is 1. The Labute approximate surface area is 181 Å². The van der Waals surface area contributed by atoms with Crippen LogP contribution in [0.5, 0.6) is 5.75 Å². The summed E-state index contributed by atoms with van der Waals surface area (Å²) in [6.07, 6.45) is 1.44. The Kier molecular flexibility index (Phi) is 6.62. The zero-order valence-corrected chi connectivity index (χ0v) is 17.6. The van der Waals surface area contributed by atoms with Gasteiger partial charge in [-0.25, -0.2) is 13.2 Å². The minimum absolute atomic E-state index is 0.000232. The first-order valence-corrected chi connectivity index (χ1v) is 10.8. The molecule has 0 saturated carbocycles. The summed E-state index contributed by atoms with van der Waals surface area (Å²) in [5.41, 5.74) is -1.98. The number of fused-ring (bicyclic) bond motifs is 1. The van der Waals surface area contributed by atoms with Gasteiger partial charge in [-0.3, -0.25) is 9.59 Å². The fraction of sp³-hybridized carbons (Fsp3) is 0.150. The van der Waals surface area contributed by atoms with Gasteiger partial charge in [-0.05, 0) is 42.5 Å². The number of hydrogen-bond acceptors (Lipinski definition) is 7. The van der Waals surface area contributed by atoms with E-state index in [0.29, 0.717) is 5.75 Å². The van der Waals surface area contributed by atoms with Gasteiger partial charge < -0.3 is 14.5 Å². The molecule has 0 amide bonds. The van der Waals surface area contributed by atoms with E-state index in [4.69, 9.17) is 21.1 Å². The molecular formula is C20H17ClN2O7S. The third-order valence-corrected chi connectivity index (χ3v) is 6.04. The van der Waals surface area contributed by atoms with Gasteiger partial charge >= 0.3 is 11.7 Å². The Hall–Kier alpha value is -3.37. The van der Waals surface area contributed by atoms with Crippen LogP contribution in [0.25, 0.3) is 10.9 Å². The molecule has 0 aliphatic heterocycles. The quantitative estimate of drug-likeness (QED) is 0.399. The second-order valence-corrected chi connectivity index (χ2v) is 8.46. The summed E-state index contributed by atoms with van der Waals surface area (Å²) in [4.78, 5) is 38.5. The number of aromatic amines is 1. The summed E-state index contributed by atoms with van der Waals surface area (Å²) < 4.78 is 36.2. The van der Waals surface area contributed by atoms with E-state index in [2.05, 4.69) is 11.6 Å². The molecule has 1 N–H and O–H groups in total. The van der Waals surface area contributed by atoms with Crippen molar-refractivity contribution < 1.29 is 22.7 Å². The maximum absolute atomic E-state index is 12.9. The number of nitrogens with zero attached hydrogens (tertiary/aromatic N) is 1. The van der Waals surface area contributed by atoms with Gasteiger partial charge in [0.1, 0.15) is 12.4 Å². The molecule has 0 aliphatic carbocycles. The lowest BCUT2D eigenvalue weighted by Gasteiger charge is -2.10. The molecular weight excluding hydrogens is 448 g/mol. The van der Waals surface area contributed by atoms with Gasteiger partial charge in [-0.2, -0.15) is 0 Å². The van der Waals surface area contributed by atoms with E-state index < -0.39 is 27.2 Å². The van der Waals surface area contributed by atoms with Crippen molar-refractivity contribution in [2.24, 2.45) is 0 Å². The Bertz CT molecular complexity index is 1360. The monoisotopic (exact) mass is 464 g/mol. The number of rotatable bonds is 8. The number of ether oxygens (including phenoxy) is 2. The maximum Gasteiger partial charge on any atom is 0.343 e. The van der Waals surface area contributed by atoms with Crippen molar-refractivity contribution in [3.05, 3.63) is 81.0 Å². The van der Waals surface area contributed by atoms with Gasteiger partial charge in [0.25, 0.3) is 15.6 Å². The van der Waals surface area contributed by atoms with Gasteiger partial charge in [-0.15, -0.1) is 3.97 Å². The first-order valence-electron chi connectivity index (χ1n) is 8.93. The van der Waals surface area contributed by atoms with Crippen LogP contribution in [0, 0.1) is 0 Å². The molecule has 1 aromatic heterocycles.